The SMILES string of the molecule is CCCCCCCCCCCCCCC[CH2][Al]([CH2]CCCCCCCCCCCCCCC)[N](C)C. The fourth-order valence-corrected chi connectivity index (χ4v) is 8.65. The van der Waals surface area contributed by atoms with E-state index in [1.165, 1.54) is 180 Å². The van der Waals surface area contributed by atoms with Crippen molar-refractivity contribution in [1.29, 1.82) is 0 Å². The third-order valence-corrected chi connectivity index (χ3v) is 12.1. The molecule has 36 heavy (non-hydrogen) atoms. The molecule has 0 aliphatic rings. The topological polar surface area (TPSA) is 3.24 Å². The highest BCUT2D eigenvalue weighted by Gasteiger charge is 2.19. The van der Waals surface area contributed by atoms with E-state index in [2.05, 4.69) is 31.8 Å². The van der Waals surface area contributed by atoms with E-state index in [1.807, 2.05) is 0 Å². The molecule has 0 radical (unpaired) electrons. The summed E-state index contributed by atoms with van der Waals surface area (Å²) >= 11 is -0.652. The summed E-state index contributed by atoms with van der Waals surface area (Å²) in [6, 6.07) is 0. The van der Waals surface area contributed by atoms with Crippen LogP contribution in [0.1, 0.15) is 194 Å². The molecule has 0 amide bonds. The second-order valence-electron chi connectivity index (χ2n) is 12.4. The fraction of sp³-hybridized carbons (Fsp3) is 1.00. The van der Waals surface area contributed by atoms with E-state index >= 15 is 0 Å². The summed E-state index contributed by atoms with van der Waals surface area (Å²) in [7, 11) is 4.73. The summed E-state index contributed by atoms with van der Waals surface area (Å²) in [6.45, 7) is 4.62. The van der Waals surface area contributed by atoms with Crippen LogP contribution in [0.3, 0.4) is 0 Å². The molecular weight excluding hydrogens is 449 g/mol. The van der Waals surface area contributed by atoms with E-state index < -0.39 is 14.4 Å². The monoisotopic (exact) mass is 522 g/mol. The Morgan fingerprint density at radius 2 is 0.500 bits per heavy atom. The average Bonchev–Trinajstić information content (AvgIpc) is 2.87. The number of unbranched alkanes of at least 4 members (excludes halogenated alkanes) is 26. The van der Waals surface area contributed by atoms with Crippen LogP contribution in [-0.4, -0.2) is 32.3 Å². The molecule has 0 bridgehead atoms. The first-order chi connectivity index (χ1) is 17.7. The van der Waals surface area contributed by atoms with Crippen LogP contribution < -0.4 is 0 Å². The summed E-state index contributed by atoms with van der Waals surface area (Å²) in [5.74, 6) is 0. The lowest BCUT2D eigenvalue weighted by Crippen LogP contribution is -2.32. The van der Waals surface area contributed by atoms with E-state index in [0.29, 0.717) is 0 Å². The molecule has 1 nitrogen and oxygen atoms in total. The Hall–Kier alpha value is 0.492. The lowest BCUT2D eigenvalue weighted by molar-refractivity contribution is 0.534. The first kappa shape index (κ1) is 36.5. The maximum atomic E-state index is 2.64. The molecule has 0 aliphatic heterocycles. The van der Waals surface area contributed by atoms with Crippen molar-refractivity contribution in [3.63, 3.8) is 0 Å². The normalized spacial score (nSPS) is 11.6. The van der Waals surface area contributed by atoms with Crippen molar-refractivity contribution in [2.24, 2.45) is 0 Å². The Morgan fingerprint density at radius 1 is 0.306 bits per heavy atom. The second kappa shape index (κ2) is 31.7. The molecule has 0 aromatic heterocycles. The zero-order valence-corrected chi connectivity index (χ0v) is 27.4. The molecule has 0 saturated heterocycles. The Balaban J connectivity index is 3.39. The first-order valence-electron chi connectivity index (χ1n) is 17.4. The number of rotatable bonds is 31. The van der Waals surface area contributed by atoms with E-state index in [9.17, 15) is 0 Å². The lowest BCUT2D eigenvalue weighted by Gasteiger charge is -2.19. The molecule has 0 aromatic rings. The summed E-state index contributed by atoms with van der Waals surface area (Å²) < 4.78 is 2.64. The molecule has 0 rings (SSSR count). The van der Waals surface area contributed by atoms with Gasteiger partial charge in [0.05, 0.1) is 0 Å². The highest BCUT2D eigenvalue weighted by Crippen LogP contribution is 2.18. The molecule has 2 heteroatoms. The molecular formula is C34H72AlN. The van der Waals surface area contributed by atoms with Crippen molar-refractivity contribution in [2.75, 3.05) is 14.1 Å². The summed E-state index contributed by atoms with van der Waals surface area (Å²) in [4.78, 5) is 0. The van der Waals surface area contributed by atoms with Crippen LogP contribution in [-0.2, 0) is 0 Å². The van der Waals surface area contributed by atoms with Gasteiger partial charge in [-0.1, -0.05) is 204 Å². The Labute approximate surface area is 236 Å². The Bertz CT molecular complexity index is 351. The van der Waals surface area contributed by atoms with Gasteiger partial charge in [-0.3, -0.25) is 0 Å². The van der Waals surface area contributed by atoms with Gasteiger partial charge in [-0.2, -0.15) is 0 Å². The van der Waals surface area contributed by atoms with Gasteiger partial charge in [0.2, 0.25) is 0 Å². The molecule has 0 fully saturated rings. The molecule has 0 heterocycles. The smallest absolute Gasteiger partial charge is 0.372 e. The highest BCUT2D eigenvalue weighted by atomic mass is 27.2. The van der Waals surface area contributed by atoms with Gasteiger partial charge >= 0.3 is 14.4 Å². The van der Waals surface area contributed by atoms with Crippen LogP contribution in [0.15, 0.2) is 0 Å². The van der Waals surface area contributed by atoms with Crippen LogP contribution in [0.4, 0.5) is 0 Å². The Morgan fingerprint density at radius 3 is 0.694 bits per heavy atom. The number of hydrogen-bond donors (Lipinski definition) is 0. The molecule has 0 atom stereocenters. The van der Waals surface area contributed by atoms with Crippen LogP contribution in [0.5, 0.6) is 0 Å². The summed E-state index contributed by atoms with van der Waals surface area (Å²) in [5, 5.41) is 3.12. The Kier molecular flexibility index (Phi) is 32.1. The van der Waals surface area contributed by atoms with E-state index in [1.54, 1.807) is 10.6 Å². The zero-order chi connectivity index (χ0) is 26.4. The van der Waals surface area contributed by atoms with Crippen molar-refractivity contribution in [2.45, 2.75) is 204 Å². The van der Waals surface area contributed by atoms with E-state index in [-0.39, 0.29) is 0 Å². The average molecular weight is 522 g/mol. The van der Waals surface area contributed by atoms with Crippen molar-refractivity contribution in [3.05, 3.63) is 0 Å². The van der Waals surface area contributed by atoms with Crippen LogP contribution >= 0.6 is 0 Å². The summed E-state index contributed by atoms with van der Waals surface area (Å²) in [5.41, 5.74) is 0. The van der Waals surface area contributed by atoms with Crippen LogP contribution in [0, 0.1) is 0 Å². The van der Waals surface area contributed by atoms with E-state index in [0.717, 1.165) is 0 Å². The standard InChI is InChI=1S/2C16H33.C2H6N.Al/c2*1-3-5-7-9-11-13-15-16-14-12-10-8-6-4-2;1-3-2;/h2*1,3-16H2,2H3;1-2H3;/q;;-1;+1. The molecule has 0 N–H and O–H groups in total. The maximum Gasteiger partial charge on any atom is 0.372 e. The molecule has 0 spiro atoms. The van der Waals surface area contributed by atoms with Crippen LogP contribution in [0.2, 0.25) is 10.6 Å². The molecule has 216 valence electrons. The van der Waals surface area contributed by atoms with E-state index in [4.69, 9.17) is 0 Å². The van der Waals surface area contributed by atoms with Gasteiger partial charge in [0.25, 0.3) is 0 Å². The van der Waals surface area contributed by atoms with Crippen molar-refractivity contribution in [3.8, 4) is 0 Å². The maximum absolute atomic E-state index is 2.64. The lowest BCUT2D eigenvalue weighted by atomic mass is 10.0. The number of nitrogens with zero attached hydrogens (tertiary/aromatic N) is 1. The quantitative estimate of drug-likeness (QED) is 0.0647. The first-order valence-corrected chi connectivity index (χ1v) is 19.5. The molecule has 0 aromatic carbocycles. The van der Waals surface area contributed by atoms with Gasteiger partial charge in [-0.15, -0.1) is 0 Å². The molecule has 0 saturated carbocycles. The fourth-order valence-electron chi connectivity index (χ4n) is 5.81. The van der Waals surface area contributed by atoms with Gasteiger partial charge in [0.15, 0.2) is 0 Å². The molecule has 0 aliphatic carbocycles. The van der Waals surface area contributed by atoms with Gasteiger partial charge in [-0.25, -0.2) is 0 Å². The largest absolute Gasteiger partial charge is 0.390 e. The van der Waals surface area contributed by atoms with Gasteiger partial charge in [-0.05, 0) is 14.1 Å². The summed E-state index contributed by atoms with van der Waals surface area (Å²) in [6.07, 6.45) is 41.3. The van der Waals surface area contributed by atoms with Crippen molar-refractivity contribution < 1.29 is 0 Å². The second-order valence-corrected chi connectivity index (χ2v) is 15.9. The zero-order valence-electron chi connectivity index (χ0n) is 26.2. The molecule has 0 unspecified atom stereocenters. The minimum atomic E-state index is -0.652. The number of hydrogen-bond acceptors (Lipinski definition) is 1. The van der Waals surface area contributed by atoms with Crippen LogP contribution in [0.25, 0.3) is 0 Å². The predicted molar refractivity (Wildman–Crippen MR) is 170 cm³/mol. The minimum absolute atomic E-state index is 0.652. The van der Waals surface area contributed by atoms with Gasteiger partial charge < -0.3 is 3.88 Å². The highest BCUT2D eigenvalue weighted by molar-refractivity contribution is 6.55. The van der Waals surface area contributed by atoms with Gasteiger partial charge in [0, 0.05) is 0 Å². The third-order valence-electron chi connectivity index (χ3n) is 8.51. The van der Waals surface area contributed by atoms with Gasteiger partial charge in [0.1, 0.15) is 0 Å². The predicted octanol–water partition coefficient (Wildman–Crippen LogP) is 12.5. The third kappa shape index (κ3) is 29.1. The van der Waals surface area contributed by atoms with Crippen molar-refractivity contribution in [1.82, 2.24) is 3.88 Å². The minimum Gasteiger partial charge on any atom is -0.390 e. The van der Waals surface area contributed by atoms with Crippen molar-refractivity contribution >= 4 is 14.4 Å².